The first-order chi connectivity index (χ1) is 8.99. The van der Waals surface area contributed by atoms with Gasteiger partial charge in [0.2, 0.25) is 5.43 Å². The second kappa shape index (κ2) is 4.35. The van der Waals surface area contributed by atoms with Crippen molar-refractivity contribution in [2.75, 3.05) is 0 Å². The van der Waals surface area contributed by atoms with Crippen molar-refractivity contribution in [3.05, 3.63) is 49.0 Å². The molecule has 0 spiro atoms. The summed E-state index contributed by atoms with van der Waals surface area (Å²) in [7, 11) is 0. The Hall–Kier alpha value is -1.33. The summed E-state index contributed by atoms with van der Waals surface area (Å²) in [5, 5.41) is 10.7. The summed E-state index contributed by atoms with van der Waals surface area (Å²) in [6.45, 7) is 1.90. The minimum atomic E-state index is -0.237. The predicted molar refractivity (Wildman–Crippen MR) is 81.8 cm³/mol. The van der Waals surface area contributed by atoms with Crippen molar-refractivity contribution in [2.45, 2.75) is 6.92 Å². The molecule has 1 aromatic heterocycles. The lowest BCUT2D eigenvalue weighted by Gasteiger charge is -2.07. The van der Waals surface area contributed by atoms with Crippen LogP contribution in [0.4, 0.5) is 0 Å². The third-order valence-electron chi connectivity index (χ3n) is 2.98. The number of hydrogen-bond acceptors (Lipinski definition) is 3. The standard InChI is InChI=1S/C14H8Br2O3/c1-6-2-3-10-7(4-6)12(17)11-13(18)8(15)5-9(16)14(11)19-10/h2-5,18H,1H3. The SMILES string of the molecule is Cc1ccc2oc3c(Br)cc(Br)c(O)c3c(=O)c2c1. The predicted octanol–water partition coefficient (Wildman–Crippen LogP) is 4.49. The lowest BCUT2D eigenvalue weighted by Crippen LogP contribution is -2.03. The van der Waals surface area contributed by atoms with Crippen molar-refractivity contribution in [3.63, 3.8) is 0 Å². The number of aromatic hydroxyl groups is 1. The molecule has 0 aliphatic heterocycles. The molecule has 2 aromatic carbocycles. The lowest BCUT2D eigenvalue weighted by molar-refractivity contribution is 0.477. The first kappa shape index (κ1) is 12.7. The Kier molecular flexibility index (Phi) is 2.91. The Morgan fingerprint density at radius 2 is 1.89 bits per heavy atom. The smallest absolute Gasteiger partial charge is 0.204 e. The van der Waals surface area contributed by atoms with E-state index >= 15 is 0 Å². The minimum Gasteiger partial charge on any atom is -0.506 e. The van der Waals surface area contributed by atoms with Crippen LogP contribution < -0.4 is 5.43 Å². The Bertz CT molecular complexity index is 881. The van der Waals surface area contributed by atoms with E-state index in [1.807, 2.05) is 13.0 Å². The number of phenols is 1. The average molecular weight is 384 g/mol. The third kappa shape index (κ3) is 1.88. The highest BCUT2D eigenvalue weighted by atomic mass is 79.9. The van der Waals surface area contributed by atoms with Gasteiger partial charge in [-0.2, -0.15) is 0 Å². The maximum absolute atomic E-state index is 12.5. The molecule has 0 bridgehead atoms. The van der Waals surface area contributed by atoms with Crippen molar-refractivity contribution in [2.24, 2.45) is 0 Å². The van der Waals surface area contributed by atoms with E-state index in [0.29, 0.717) is 25.5 Å². The van der Waals surface area contributed by atoms with E-state index in [2.05, 4.69) is 31.9 Å². The first-order valence-corrected chi connectivity index (χ1v) is 7.12. The molecule has 3 rings (SSSR count). The molecule has 5 heteroatoms. The summed E-state index contributed by atoms with van der Waals surface area (Å²) in [5.41, 5.74) is 1.58. The molecule has 0 radical (unpaired) electrons. The molecule has 0 fully saturated rings. The van der Waals surface area contributed by atoms with Gasteiger partial charge in [-0.05, 0) is 57.0 Å². The van der Waals surface area contributed by atoms with Crippen molar-refractivity contribution < 1.29 is 9.52 Å². The fourth-order valence-electron chi connectivity index (χ4n) is 2.06. The highest BCUT2D eigenvalue weighted by Gasteiger charge is 2.16. The molecule has 0 amide bonds. The molecular weight excluding hydrogens is 376 g/mol. The van der Waals surface area contributed by atoms with E-state index in [1.54, 1.807) is 18.2 Å². The van der Waals surface area contributed by atoms with Crippen LogP contribution in [-0.4, -0.2) is 5.11 Å². The molecule has 0 saturated heterocycles. The second-order valence-electron chi connectivity index (χ2n) is 4.32. The summed E-state index contributed by atoms with van der Waals surface area (Å²) in [5.74, 6) is -0.102. The number of benzene rings is 2. The van der Waals surface area contributed by atoms with Crippen LogP contribution >= 0.6 is 31.9 Å². The lowest BCUT2D eigenvalue weighted by atomic mass is 10.1. The normalized spacial score (nSPS) is 11.3. The number of rotatable bonds is 0. The van der Waals surface area contributed by atoms with Crippen LogP contribution in [0.1, 0.15) is 5.56 Å². The largest absolute Gasteiger partial charge is 0.506 e. The van der Waals surface area contributed by atoms with Gasteiger partial charge in [0.15, 0.2) is 5.58 Å². The molecule has 1 N–H and O–H groups in total. The Morgan fingerprint density at radius 3 is 2.63 bits per heavy atom. The van der Waals surface area contributed by atoms with E-state index in [0.717, 1.165) is 5.56 Å². The van der Waals surface area contributed by atoms with E-state index in [4.69, 9.17) is 4.42 Å². The number of fused-ring (bicyclic) bond motifs is 2. The first-order valence-electron chi connectivity index (χ1n) is 5.53. The van der Waals surface area contributed by atoms with Crippen molar-refractivity contribution >= 4 is 53.8 Å². The highest BCUT2D eigenvalue weighted by molar-refractivity contribution is 9.11. The van der Waals surface area contributed by atoms with Crippen molar-refractivity contribution in [1.82, 2.24) is 0 Å². The fraction of sp³-hybridized carbons (Fsp3) is 0.0714. The Balaban J connectivity index is 2.66. The van der Waals surface area contributed by atoms with Gasteiger partial charge < -0.3 is 9.52 Å². The quantitative estimate of drug-likeness (QED) is 0.582. The molecule has 0 saturated carbocycles. The molecule has 0 aliphatic rings. The maximum atomic E-state index is 12.5. The van der Waals surface area contributed by atoms with Crippen LogP contribution in [0.15, 0.2) is 42.4 Å². The van der Waals surface area contributed by atoms with Gasteiger partial charge in [-0.1, -0.05) is 11.6 Å². The van der Waals surface area contributed by atoms with Crippen molar-refractivity contribution in [3.8, 4) is 5.75 Å². The van der Waals surface area contributed by atoms with Gasteiger partial charge in [0.05, 0.1) is 14.3 Å². The summed E-state index contributed by atoms with van der Waals surface area (Å²) in [4.78, 5) is 12.5. The minimum absolute atomic E-state index is 0.102. The highest BCUT2D eigenvalue weighted by Crippen LogP contribution is 2.37. The van der Waals surface area contributed by atoms with Gasteiger partial charge in [-0.3, -0.25) is 4.79 Å². The maximum Gasteiger partial charge on any atom is 0.204 e. The number of phenolic OH excluding ortho intramolecular Hbond substituents is 1. The van der Waals surface area contributed by atoms with E-state index in [-0.39, 0.29) is 16.6 Å². The van der Waals surface area contributed by atoms with Gasteiger partial charge in [0.1, 0.15) is 16.7 Å². The average Bonchev–Trinajstić information content (AvgIpc) is 2.37. The van der Waals surface area contributed by atoms with Gasteiger partial charge in [0.25, 0.3) is 0 Å². The molecule has 3 nitrogen and oxygen atoms in total. The molecule has 1 heterocycles. The van der Waals surface area contributed by atoms with Crippen molar-refractivity contribution in [1.29, 1.82) is 0 Å². The summed E-state index contributed by atoms with van der Waals surface area (Å²) >= 11 is 6.56. The zero-order chi connectivity index (χ0) is 13.7. The zero-order valence-electron chi connectivity index (χ0n) is 9.83. The molecule has 0 atom stereocenters. The van der Waals surface area contributed by atoms with Crippen LogP contribution in [0.3, 0.4) is 0 Å². The van der Waals surface area contributed by atoms with E-state index < -0.39 is 0 Å². The van der Waals surface area contributed by atoms with E-state index in [1.165, 1.54) is 0 Å². The second-order valence-corrected chi connectivity index (χ2v) is 6.03. The molecule has 0 aliphatic carbocycles. The number of hydrogen-bond donors (Lipinski definition) is 1. The van der Waals surface area contributed by atoms with Crippen LogP contribution in [0.25, 0.3) is 21.9 Å². The third-order valence-corrected chi connectivity index (χ3v) is 4.17. The number of aryl methyl sites for hydroxylation is 1. The van der Waals surface area contributed by atoms with Gasteiger partial charge in [-0.15, -0.1) is 0 Å². The molecular formula is C14H8Br2O3. The fourth-order valence-corrected chi connectivity index (χ4v) is 3.30. The van der Waals surface area contributed by atoms with Crippen LogP contribution in [0.2, 0.25) is 0 Å². The molecule has 3 aromatic rings. The molecule has 0 unspecified atom stereocenters. The zero-order valence-corrected chi connectivity index (χ0v) is 13.0. The summed E-state index contributed by atoms with van der Waals surface area (Å²) in [6.07, 6.45) is 0. The van der Waals surface area contributed by atoms with Gasteiger partial charge in [0, 0.05) is 0 Å². The number of halogens is 2. The topological polar surface area (TPSA) is 50.4 Å². The van der Waals surface area contributed by atoms with Gasteiger partial charge in [-0.25, -0.2) is 0 Å². The molecule has 19 heavy (non-hydrogen) atoms. The molecule has 96 valence electrons. The summed E-state index contributed by atoms with van der Waals surface area (Å²) in [6, 6.07) is 7.05. The summed E-state index contributed by atoms with van der Waals surface area (Å²) < 4.78 is 6.79. The Morgan fingerprint density at radius 1 is 1.16 bits per heavy atom. The monoisotopic (exact) mass is 382 g/mol. The van der Waals surface area contributed by atoms with Crippen LogP contribution in [-0.2, 0) is 0 Å². The van der Waals surface area contributed by atoms with E-state index in [9.17, 15) is 9.90 Å². The van der Waals surface area contributed by atoms with Crippen LogP contribution in [0, 0.1) is 6.92 Å². The Labute approximate surface area is 125 Å². The van der Waals surface area contributed by atoms with Crippen LogP contribution in [0.5, 0.6) is 5.75 Å². The van der Waals surface area contributed by atoms with Gasteiger partial charge >= 0.3 is 0 Å².